The molecule has 116 valence electrons. The second-order valence-corrected chi connectivity index (χ2v) is 6.09. The van der Waals surface area contributed by atoms with Crippen molar-refractivity contribution in [3.05, 3.63) is 11.9 Å². The van der Waals surface area contributed by atoms with Crippen LogP contribution in [0.3, 0.4) is 0 Å². The Balaban J connectivity index is 1.75. The number of likely N-dealkylation sites (N-methyl/N-ethyl adjacent to an activating group) is 1. The predicted molar refractivity (Wildman–Crippen MR) is 87.1 cm³/mol. The van der Waals surface area contributed by atoms with Crippen LogP contribution in [0.25, 0.3) is 0 Å². The summed E-state index contributed by atoms with van der Waals surface area (Å²) in [6.45, 7) is 11.0. The highest BCUT2D eigenvalue weighted by Crippen LogP contribution is 2.39. The molecule has 21 heavy (non-hydrogen) atoms. The third kappa shape index (κ3) is 3.64. The van der Waals surface area contributed by atoms with Gasteiger partial charge in [0.25, 0.3) is 0 Å². The van der Waals surface area contributed by atoms with Crippen LogP contribution >= 0.6 is 0 Å². The first-order valence-electron chi connectivity index (χ1n) is 8.40. The van der Waals surface area contributed by atoms with Crippen LogP contribution in [-0.2, 0) is 0 Å². The number of piperazine rings is 1. The lowest BCUT2D eigenvalue weighted by molar-refractivity contribution is 0.270. The van der Waals surface area contributed by atoms with Gasteiger partial charge in [0.2, 0.25) is 0 Å². The molecule has 1 saturated carbocycles. The third-order valence-corrected chi connectivity index (χ3v) is 4.37. The minimum Gasteiger partial charge on any atom is -0.370 e. The lowest BCUT2D eigenvalue weighted by atomic mass is 10.3. The number of hydrogen-bond acceptors (Lipinski definition) is 5. The third-order valence-electron chi connectivity index (χ3n) is 4.37. The van der Waals surface area contributed by atoms with Gasteiger partial charge in [0.05, 0.1) is 0 Å². The largest absolute Gasteiger partial charge is 0.370 e. The van der Waals surface area contributed by atoms with Gasteiger partial charge in [-0.15, -0.1) is 0 Å². The molecule has 1 saturated heterocycles. The van der Waals surface area contributed by atoms with Crippen LogP contribution in [0.4, 0.5) is 11.6 Å². The first kappa shape index (κ1) is 14.6. The Hall–Kier alpha value is -1.36. The van der Waals surface area contributed by atoms with Crippen molar-refractivity contribution in [2.75, 3.05) is 49.5 Å². The SMILES string of the molecule is CCCNc1cc(N2CCN(CC)CC2)nc(C2CC2)n1. The Morgan fingerprint density at radius 1 is 1.14 bits per heavy atom. The Bertz CT molecular complexity index is 464. The Morgan fingerprint density at radius 3 is 2.52 bits per heavy atom. The van der Waals surface area contributed by atoms with Gasteiger partial charge in [-0.3, -0.25) is 0 Å². The Morgan fingerprint density at radius 2 is 1.90 bits per heavy atom. The second-order valence-electron chi connectivity index (χ2n) is 6.09. The summed E-state index contributed by atoms with van der Waals surface area (Å²) in [7, 11) is 0. The lowest BCUT2D eigenvalue weighted by Crippen LogP contribution is -2.46. The summed E-state index contributed by atoms with van der Waals surface area (Å²) in [6, 6.07) is 2.13. The molecule has 2 aliphatic rings. The van der Waals surface area contributed by atoms with E-state index in [0.717, 1.165) is 63.1 Å². The van der Waals surface area contributed by atoms with Crippen LogP contribution in [0.2, 0.25) is 0 Å². The van der Waals surface area contributed by atoms with E-state index in [2.05, 4.69) is 35.0 Å². The standard InChI is InChI=1S/C16H27N5/c1-3-7-17-14-12-15(19-16(18-14)13-5-6-13)21-10-8-20(4-2)9-11-21/h12-13H,3-11H2,1-2H3,(H,17,18,19). The van der Waals surface area contributed by atoms with E-state index in [-0.39, 0.29) is 0 Å². The van der Waals surface area contributed by atoms with Gasteiger partial charge >= 0.3 is 0 Å². The second kappa shape index (κ2) is 6.60. The zero-order chi connectivity index (χ0) is 14.7. The number of anilines is 2. The maximum atomic E-state index is 4.83. The van der Waals surface area contributed by atoms with Crippen molar-refractivity contribution in [3.63, 3.8) is 0 Å². The van der Waals surface area contributed by atoms with Gasteiger partial charge in [-0.25, -0.2) is 9.97 Å². The van der Waals surface area contributed by atoms with Gasteiger partial charge in [-0.1, -0.05) is 13.8 Å². The van der Waals surface area contributed by atoms with E-state index >= 15 is 0 Å². The first-order chi connectivity index (χ1) is 10.3. The van der Waals surface area contributed by atoms with E-state index in [1.165, 1.54) is 12.8 Å². The quantitative estimate of drug-likeness (QED) is 0.870. The monoisotopic (exact) mass is 289 g/mol. The molecule has 3 rings (SSSR count). The fraction of sp³-hybridized carbons (Fsp3) is 0.750. The number of hydrogen-bond donors (Lipinski definition) is 1. The highest BCUT2D eigenvalue weighted by molar-refractivity contribution is 5.50. The molecule has 1 aromatic heterocycles. The van der Waals surface area contributed by atoms with E-state index in [1.54, 1.807) is 0 Å². The molecular formula is C16H27N5. The van der Waals surface area contributed by atoms with Crippen LogP contribution in [0, 0.1) is 0 Å². The van der Waals surface area contributed by atoms with Crippen molar-refractivity contribution in [2.45, 2.75) is 39.0 Å². The smallest absolute Gasteiger partial charge is 0.136 e. The van der Waals surface area contributed by atoms with Crippen LogP contribution in [0.5, 0.6) is 0 Å². The zero-order valence-corrected chi connectivity index (χ0v) is 13.3. The van der Waals surface area contributed by atoms with Crippen molar-refractivity contribution in [3.8, 4) is 0 Å². The number of nitrogens with one attached hydrogen (secondary N) is 1. The summed E-state index contributed by atoms with van der Waals surface area (Å²) < 4.78 is 0. The summed E-state index contributed by atoms with van der Waals surface area (Å²) in [6.07, 6.45) is 3.62. The minimum atomic E-state index is 0.601. The average molecular weight is 289 g/mol. The van der Waals surface area contributed by atoms with Gasteiger partial charge in [-0.05, 0) is 25.8 Å². The summed E-state index contributed by atoms with van der Waals surface area (Å²) in [5.41, 5.74) is 0. The maximum absolute atomic E-state index is 4.83. The molecule has 1 N–H and O–H groups in total. The molecule has 0 bridgehead atoms. The van der Waals surface area contributed by atoms with Crippen molar-refractivity contribution < 1.29 is 0 Å². The van der Waals surface area contributed by atoms with Crippen molar-refractivity contribution in [2.24, 2.45) is 0 Å². The Labute approximate surface area is 127 Å². The molecule has 5 heteroatoms. The molecule has 5 nitrogen and oxygen atoms in total. The molecule has 0 unspecified atom stereocenters. The topological polar surface area (TPSA) is 44.3 Å². The van der Waals surface area contributed by atoms with Crippen LogP contribution < -0.4 is 10.2 Å². The van der Waals surface area contributed by atoms with Crippen LogP contribution in [0.15, 0.2) is 6.07 Å². The lowest BCUT2D eigenvalue weighted by Gasteiger charge is -2.35. The molecule has 0 amide bonds. The van der Waals surface area contributed by atoms with Gasteiger partial charge < -0.3 is 15.1 Å². The molecule has 0 radical (unpaired) electrons. The van der Waals surface area contributed by atoms with Gasteiger partial charge in [0.15, 0.2) is 0 Å². The minimum absolute atomic E-state index is 0.601. The summed E-state index contributed by atoms with van der Waals surface area (Å²) in [5, 5.41) is 3.43. The van der Waals surface area contributed by atoms with Crippen LogP contribution in [0.1, 0.15) is 44.9 Å². The Kier molecular flexibility index (Phi) is 4.58. The predicted octanol–water partition coefficient (Wildman–Crippen LogP) is 2.32. The molecule has 1 aromatic rings. The van der Waals surface area contributed by atoms with E-state index in [1.807, 2.05) is 0 Å². The van der Waals surface area contributed by atoms with E-state index in [4.69, 9.17) is 9.97 Å². The van der Waals surface area contributed by atoms with E-state index in [0.29, 0.717) is 5.92 Å². The summed E-state index contributed by atoms with van der Waals surface area (Å²) >= 11 is 0. The highest BCUT2D eigenvalue weighted by atomic mass is 15.3. The molecule has 1 aliphatic heterocycles. The van der Waals surface area contributed by atoms with Gasteiger partial charge in [0.1, 0.15) is 17.5 Å². The molecule has 2 heterocycles. The average Bonchev–Trinajstić information content (AvgIpc) is 3.37. The molecule has 0 aromatic carbocycles. The molecule has 1 aliphatic carbocycles. The molecule has 0 spiro atoms. The first-order valence-corrected chi connectivity index (χ1v) is 8.40. The molecular weight excluding hydrogens is 262 g/mol. The number of aromatic nitrogens is 2. The van der Waals surface area contributed by atoms with Gasteiger partial charge in [0, 0.05) is 44.7 Å². The van der Waals surface area contributed by atoms with Crippen molar-refractivity contribution >= 4 is 11.6 Å². The van der Waals surface area contributed by atoms with E-state index < -0.39 is 0 Å². The summed E-state index contributed by atoms with van der Waals surface area (Å²) in [5.74, 6) is 3.76. The van der Waals surface area contributed by atoms with Crippen molar-refractivity contribution in [1.29, 1.82) is 0 Å². The fourth-order valence-corrected chi connectivity index (χ4v) is 2.78. The van der Waals surface area contributed by atoms with Crippen molar-refractivity contribution in [1.82, 2.24) is 14.9 Å². The highest BCUT2D eigenvalue weighted by Gasteiger charge is 2.28. The maximum Gasteiger partial charge on any atom is 0.136 e. The molecule has 0 atom stereocenters. The number of rotatable bonds is 6. The fourth-order valence-electron chi connectivity index (χ4n) is 2.78. The normalized spacial score (nSPS) is 19.8. The zero-order valence-electron chi connectivity index (χ0n) is 13.3. The summed E-state index contributed by atoms with van der Waals surface area (Å²) in [4.78, 5) is 14.4. The van der Waals surface area contributed by atoms with E-state index in [9.17, 15) is 0 Å². The number of nitrogens with zero attached hydrogens (tertiary/aromatic N) is 4. The molecule has 2 fully saturated rings. The van der Waals surface area contributed by atoms with Crippen LogP contribution in [-0.4, -0.2) is 54.1 Å². The van der Waals surface area contributed by atoms with Gasteiger partial charge in [-0.2, -0.15) is 0 Å².